The number of phenols is 1. The van der Waals surface area contributed by atoms with E-state index < -0.39 is 5.91 Å². The van der Waals surface area contributed by atoms with E-state index in [0.29, 0.717) is 5.56 Å². The van der Waals surface area contributed by atoms with Crippen molar-refractivity contribution in [1.82, 2.24) is 5.43 Å². The molecule has 1 amide bonds. The number of aromatic hydroxyl groups is 1. The number of amides is 1. The first-order valence-electron chi connectivity index (χ1n) is 3.56. The molecular formula is C8H9IN2O2. The van der Waals surface area contributed by atoms with Crippen LogP contribution < -0.4 is 11.3 Å². The van der Waals surface area contributed by atoms with E-state index in [2.05, 4.69) is 22.6 Å². The van der Waals surface area contributed by atoms with Crippen LogP contribution in [0, 0.1) is 10.5 Å². The Morgan fingerprint density at radius 1 is 1.62 bits per heavy atom. The van der Waals surface area contributed by atoms with E-state index in [1.165, 1.54) is 0 Å². The number of hydrazine groups is 1. The van der Waals surface area contributed by atoms with Crippen LogP contribution in [0.15, 0.2) is 12.1 Å². The minimum absolute atomic E-state index is 0.0247. The number of aryl methyl sites for hydroxylation is 1. The third-order valence-corrected chi connectivity index (χ3v) is 2.26. The number of carbonyl (C=O) groups excluding carboxylic acids is 1. The van der Waals surface area contributed by atoms with Crippen LogP contribution >= 0.6 is 22.6 Å². The normalized spacial score (nSPS) is 9.77. The molecule has 0 aromatic heterocycles. The van der Waals surface area contributed by atoms with Crippen molar-refractivity contribution in [1.29, 1.82) is 0 Å². The highest BCUT2D eigenvalue weighted by molar-refractivity contribution is 14.1. The molecular weight excluding hydrogens is 283 g/mol. The lowest BCUT2D eigenvalue weighted by molar-refractivity contribution is 0.0951. The molecule has 0 aliphatic heterocycles. The summed E-state index contributed by atoms with van der Waals surface area (Å²) in [4.78, 5) is 11.1. The number of nitrogens with two attached hydrogens (primary N) is 1. The van der Waals surface area contributed by atoms with E-state index >= 15 is 0 Å². The van der Waals surface area contributed by atoms with Crippen molar-refractivity contribution in [3.8, 4) is 5.75 Å². The van der Waals surface area contributed by atoms with Gasteiger partial charge in [-0.25, -0.2) is 5.84 Å². The van der Waals surface area contributed by atoms with Crippen LogP contribution in [0.3, 0.4) is 0 Å². The Bertz CT molecular complexity index is 352. The van der Waals surface area contributed by atoms with Crippen molar-refractivity contribution in [3.63, 3.8) is 0 Å². The van der Waals surface area contributed by atoms with Gasteiger partial charge in [0, 0.05) is 3.57 Å². The minimum Gasteiger partial charge on any atom is -0.507 e. The summed E-state index contributed by atoms with van der Waals surface area (Å²) in [5, 5.41) is 9.50. The minimum atomic E-state index is -0.487. The van der Waals surface area contributed by atoms with Crippen molar-refractivity contribution in [2.75, 3.05) is 0 Å². The Balaban J connectivity index is 3.28. The summed E-state index contributed by atoms with van der Waals surface area (Å²) in [7, 11) is 0. The van der Waals surface area contributed by atoms with Gasteiger partial charge in [-0.1, -0.05) is 0 Å². The van der Waals surface area contributed by atoms with Gasteiger partial charge in [0.2, 0.25) is 0 Å². The first kappa shape index (κ1) is 10.3. The first-order valence-corrected chi connectivity index (χ1v) is 4.64. The number of nitrogens with one attached hydrogen (secondary N) is 1. The molecule has 0 bridgehead atoms. The lowest BCUT2D eigenvalue weighted by Gasteiger charge is -2.06. The predicted molar refractivity (Wildman–Crippen MR) is 57.2 cm³/mol. The summed E-state index contributed by atoms with van der Waals surface area (Å²) in [6.07, 6.45) is 0. The number of nitrogen functional groups attached to an aromatic ring is 1. The van der Waals surface area contributed by atoms with Crippen LogP contribution in [0.25, 0.3) is 0 Å². The molecule has 0 saturated carbocycles. The zero-order valence-electron chi connectivity index (χ0n) is 6.97. The van der Waals surface area contributed by atoms with Crippen LogP contribution in [-0.4, -0.2) is 11.0 Å². The molecule has 1 rings (SSSR count). The number of rotatable bonds is 1. The molecule has 4 N–H and O–H groups in total. The monoisotopic (exact) mass is 292 g/mol. The van der Waals surface area contributed by atoms with Gasteiger partial charge in [0.05, 0.1) is 5.56 Å². The average Bonchev–Trinajstić information content (AvgIpc) is 2.10. The Morgan fingerprint density at radius 2 is 2.23 bits per heavy atom. The number of hydrogen-bond donors (Lipinski definition) is 3. The zero-order chi connectivity index (χ0) is 10.0. The molecule has 0 heterocycles. The maximum absolute atomic E-state index is 11.1. The van der Waals surface area contributed by atoms with Gasteiger partial charge in [0.25, 0.3) is 5.91 Å². The first-order chi connectivity index (χ1) is 6.06. The number of halogens is 1. The molecule has 13 heavy (non-hydrogen) atoms. The van der Waals surface area contributed by atoms with Gasteiger partial charge in [-0.05, 0) is 47.2 Å². The molecule has 0 fully saturated rings. The second-order valence-corrected chi connectivity index (χ2v) is 3.84. The Labute approximate surface area is 89.2 Å². The van der Waals surface area contributed by atoms with Gasteiger partial charge in [-0.3, -0.25) is 10.2 Å². The summed E-state index contributed by atoms with van der Waals surface area (Å²) < 4.78 is 0.881. The number of benzene rings is 1. The van der Waals surface area contributed by atoms with Gasteiger partial charge in [0.15, 0.2) is 0 Å². The zero-order valence-corrected chi connectivity index (χ0v) is 9.12. The predicted octanol–water partition coefficient (Wildman–Crippen LogP) is 0.909. The second kappa shape index (κ2) is 3.93. The fourth-order valence-corrected chi connectivity index (χ4v) is 1.76. The molecule has 0 spiro atoms. The summed E-state index contributed by atoms with van der Waals surface area (Å²) in [6, 6.07) is 3.36. The van der Waals surface area contributed by atoms with Crippen LogP contribution in [0.4, 0.5) is 0 Å². The maximum Gasteiger partial charge on any atom is 0.268 e. The lowest BCUT2D eigenvalue weighted by atomic mass is 10.1. The van der Waals surface area contributed by atoms with E-state index in [4.69, 9.17) is 5.84 Å². The van der Waals surface area contributed by atoms with Crippen LogP contribution in [0.2, 0.25) is 0 Å². The van der Waals surface area contributed by atoms with Crippen molar-refractivity contribution < 1.29 is 9.90 Å². The van der Waals surface area contributed by atoms with E-state index in [1.807, 2.05) is 5.43 Å². The molecule has 0 unspecified atom stereocenters. The molecule has 70 valence electrons. The number of hydrogen-bond acceptors (Lipinski definition) is 3. The molecule has 5 heteroatoms. The van der Waals surface area contributed by atoms with Crippen molar-refractivity contribution in [3.05, 3.63) is 26.8 Å². The topological polar surface area (TPSA) is 75.4 Å². The van der Waals surface area contributed by atoms with Gasteiger partial charge < -0.3 is 5.11 Å². The van der Waals surface area contributed by atoms with Gasteiger partial charge in [-0.15, -0.1) is 0 Å². The highest BCUT2D eigenvalue weighted by atomic mass is 127. The SMILES string of the molecule is Cc1cc(I)cc(C(=O)NN)c1O. The molecule has 1 aromatic carbocycles. The van der Waals surface area contributed by atoms with Crippen molar-refractivity contribution in [2.24, 2.45) is 5.84 Å². The Morgan fingerprint density at radius 3 is 2.77 bits per heavy atom. The molecule has 4 nitrogen and oxygen atoms in total. The average molecular weight is 292 g/mol. The summed E-state index contributed by atoms with van der Waals surface area (Å²) in [5.74, 6) is 4.45. The number of carbonyl (C=O) groups is 1. The Kier molecular flexibility index (Phi) is 3.10. The third kappa shape index (κ3) is 2.10. The maximum atomic E-state index is 11.1. The summed E-state index contributed by atoms with van der Waals surface area (Å²) in [6.45, 7) is 1.73. The van der Waals surface area contributed by atoms with Gasteiger partial charge in [-0.2, -0.15) is 0 Å². The second-order valence-electron chi connectivity index (χ2n) is 2.59. The van der Waals surface area contributed by atoms with Crippen LogP contribution in [0.1, 0.15) is 15.9 Å². The van der Waals surface area contributed by atoms with Crippen molar-refractivity contribution in [2.45, 2.75) is 6.92 Å². The molecule has 1 aromatic rings. The fraction of sp³-hybridized carbons (Fsp3) is 0.125. The van der Waals surface area contributed by atoms with Gasteiger partial charge in [0.1, 0.15) is 5.75 Å². The lowest BCUT2D eigenvalue weighted by Crippen LogP contribution is -2.30. The van der Waals surface area contributed by atoms with Gasteiger partial charge >= 0.3 is 0 Å². The standard InChI is InChI=1S/C8H9IN2O2/c1-4-2-5(9)3-6(7(4)12)8(13)11-10/h2-3,12H,10H2,1H3,(H,11,13). The molecule has 0 radical (unpaired) electrons. The Hall–Kier alpha value is -0.820. The van der Waals surface area contributed by atoms with E-state index in [-0.39, 0.29) is 11.3 Å². The largest absolute Gasteiger partial charge is 0.507 e. The van der Waals surface area contributed by atoms with E-state index in [9.17, 15) is 9.90 Å². The third-order valence-electron chi connectivity index (χ3n) is 1.64. The molecule has 0 aliphatic rings. The highest BCUT2D eigenvalue weighted by Crippen LogP contribution is 2.24. The fourth-order valence-electron chi connectivity index (χ4n) is 0.986. The van der Waals surface area contributed by atoms with E-state index in [1.54, 1.807) is 19.1 Å². The quantitative estimate of drug-likeness (QED) is 0.312. The van der Waals surface area contributed by atoms with Crippen LogP contribution in [-0.2, 0) is 0 Å². The molecule has 0 saturated heterocycles. The number of phenolic OH excluding ortho intramolecular Hbond substituents is 1. The highest BCUT2D eigenvalue weighted by Gasteiger charge is 2.12. The molecule has 0 atom stereocenters. The summed E-state index contributed by atoms with van der Waals surface area (Å²) >= 11 is 2.07. The molecule has 0 aliphatic carbocycles. The van der Waals surface area contributed by atoms with E-state index in [0.717, 1.165) is 3.57 Å². The van der Waals surface area contributed by atoms with Crippen LogP contribution in [0.5, 0.6) is 5.75 Å². The summed E-state index contributed by atoms with van der Waals surface area (Å²) in [5.41, 5.74) is 2.83. The smallest absolute Gasteiger partial charge is 0.268 e. The van der Waals surface area contributed by atoms with Crippen molar-refractivity contribution >= 4 is 28.5 Å².